The summed E-state index contributed by atoms with van der Waals surface area (Å²) in [5.41, 5.74) is 0. The average Bonchev–Trinajstić information content (AvgIpc) is 2.96. The Kier molecular flexibility index (Phi) is 5.40. The second-order valence-electron chi connectivity index (χ2n) is 5.52. The monoisotopic (exact) mass is 279 g/mol. The van der Waals surface area contributed by atoms with Crippen LogP contribution in [0.3, 0.4) is 0 Å². The number of aromatic nitrogens is 2. The van der Waals surface area contributed by atoms with Crippen molar-refractivity contribution in [1.82, 2.24) is 24.9 Å². The van der Waals surface area contributed by atoms with Crippen molar-refractivity contribution in [3.63, 3.8) is 0 Å². The maximum Gasteiger partial charge on any atom is 0.319 e. The summed E-state index contributed by atoms with van der Waals surface area (Å²) >= 11 is 0. The van der Waals surface area contributed by atoms with Gasteiger partial charge in [-0.3, -0.25) is 4.68 Å². The van der Waals surface area contributed by atoms with Gasteiger partial charge in [-0.1, -0.05) is 0 Å². The quantitative estimate of drug-likeness (QED) is 0.818. The third-order valence-corrected chi connectivity index (χ3v) is 3.70. The molecule has 1 aliphatic heterocycles. The molecule has 0 unspecified atom stereocenters. The van der Waals surface area contributed by atoms with Gasteiger partial charge in [0.1, 0.15) is 0 Å². The standard InChI is InChI=1S/C14H25N5O/c1-17(2)14(20)18-11-5-13(6-12-18)15-7-3-9-19-10-4-8-16-19/h4,8,10,13,15H,3,5-7,9,11-12H2,1-2H3. The van der Waals surface area contributed by atoms with Gasteiger partial charge >= 0.3 is 6.03 Å². The second-order valence-corrected chi connectivity index (χ2v) is 5.52. The predicted molar refractivity (Wildman–Crippen MR) is 78.5 cm³/mol. The fraction of sp³-hybridized carbons (Fsp3) is 0.714. The number of piperidine rings is 1. The van der Waals surface area contributed by atoms with Crippen LogP contribution < -0.4 is 5.32 Å². The fourth-order valence-corrected chi connectivity index (χ4v) is 2.54. The molecule has 1 aromatic heterocycles. The largest absolute Gasteiger partial charge is 0.331 e. The lowest BCUT2D eigenvalue weighted by atomic mass is 10.1. The highest BCUT2D eigenvalue weighted by Gasteiger charge is 2.22. The Morgan fingerprint density at radius 2 is 2.15 bits per heavy atom. The smallest absolute Gasteiger partial charge is 0.319 e. The molecule has 0 saturated carbocycles. The van der Waals surface area contributed by atoms with Gasteiger partial charge in [0.2, 0.25) is 0 Å². The number of aryl methyl sites for hydroxylation is 1. The highest BCUT2D eigenvalue weighted by Crippen LogP contribution is 2.11. The summed E-state index contributed by atoms with van der Waals surface area (Å²) in [4.78, 5) is 15.4. The maximum atomic E-state index is 11.8. The van der Waals surface area contributed by atoms with E-state index in [9.17, 15) is 4.79 Å². The summed E-state index contributed by atoms with van der Waals surface area (Å²) in [6, 6.07) is 2.62. The predicted octanol–water partition coefficient (Wildman–Crippen LogP) is 1.01. The van der Waals surface area contributed by atoms with Gasteiger partial charge in [-0.15, -0.1) is 0 Å². The van der Waals surface area contributed by atoms with Gasteiger partial charge in [0.05, 0.1) is 0 Å². The van der Waals surface area contributed by atoms with Gasteiger partial charge in [-0.05, 0) is 31.9 Å². The van der Waals surface area contributed by atoms with E-state index in [2.05, 4.69) is 10.4 Å². The third-order valence-electron chi connectivity index (χ3n) is 3.70. The topological polar surface area (TPSA) is 53.4 Å². The average molecular weight is 279 g/mol. The number of amides is 2. The minimum Gasteiger partial charge on any atom is -0.331 e. The van der Waals surface area contributed by atoms with Gasteiger partial charge in [0.15, 0.2) is 0 Å². The molecule has 6 heteroatoms. The van der Waals surface area contributed by atoms with E-state index in [-0.39, 0.29) is 6.03 Å². The number of carbonyl (C=O) groups is 1. The van der Waals surface area contributed by atoms with E-state index >= 15 is 0 Å². The number of carbonyl (C=O) groups excluding carboxylic acids is 1. The lowest BCUT2D eigenvalue weighted by Gasteiger charge is -2.34. The number of hydrogen-bond donors (Lipinski definition) is 1. The van der Waals surface area contributed by atoms with E-state index in [1.165, 1.54) is 0 Å². The Morgan fingerprint density at radius 3 is 2.75 bits per heavy atom. The first-order chi connectivity index (χ1) is 9.66. The van der Waals surface area contributed by atoms with Crippen LogP contribution in [0.5, 0.6) is 0 Å². The number of rotatable bonds is 5. The van der Waals surface area contributed by atoms with Crippen LogP contribution in [0.1, 0.15) is 19.3 Å². The van der Waals surface area contributed by atoms with E-state index in [0.29, 0.717) is 6.04 Å². The molecular formula is C14H25N5O. The Balaban J connectivity index is 1.59. The van der Waals surface area contributed by atoms with Crippen molar-refractivity contribution in [2.24, 2.45) is 0 Å². The Morgan fingerprint density at radius 1 is 1.40 bits per heavy atom. The molecule has 0 atom stereocenters. The SMILES string of the molecule is CN(C)C(=O)N1CCC(NCCCn2cccn2)CC1. The fourth-order valence-electron chi connectivity index (χ4n) is 2.54. The molecule has 1 fully saturated rings. The third kappa shape index (κ3) is 4.23. The first kappa shape index (κ1) is 14.8. The zero-order valence-electron chi connectivity index (χ0n) is 12.5. The highest BCUT2D eigenvalue weighted by atomic mass is 16.2. The first-order valence-electron chi connectivity index (χ1n) is 7.34. The molecule has 112 valence electrons. The minimum absolute atomic E-state index is 0.127. The van der Waals surface area contributed by atoms with Crippen molar-refractivity contribution in [2.45, 2.75) is 31.8 Å². The van der Waals surface area contributed by atoms with Gasteiger partial charge in [0.25, 0.3) is 0 Å². The summed E-state index contributed by atoms with van der Waals surface area (Å²) in [6.45, 7) is 3.67. The normalized spacial score (nSPS) is 16.4. The molecule has 6 nitrogen and oxygen atoms in total. The molecule has 0 bridgehead atoms. The van der Waals surface area contributed by atoms with Crippen LogP contribution in [-0.2, 0) is 6.54 Å². The molecule has 0 aromatic carbocycles. The molecule has 0 spiro atoms. The van der Waals surface area contributed by atoms with E-state index in [4.69, 9.17) is 0 Å². The summed E-state index contributed by atoms with van der Waals surface area (Å²) in [5, 5.41) is 7.77. The summed E-state index contributed by atoms with van der Waals surface area (Å²) < 4.78 is 1.96. The molecule has 20 heavy (non-hydrogen) atoms. The molecular weight excluding hydrogens is 254 g/mol. The molecule has 2 heterocycles. The Bertz CT molecular complexity index is 396. The minimum atomic E-state index is 0.127. The highest BCUT2D eigenvalue weighted by molar-refractivity contribution is 5.73. The summed E-state index contributed by atoms with van der Waals surface area (Å²) in [5.74, 6) is 0. The molecule has 0 radical (unpaired) electrons. The zero-order chi connectivity index (χ0) is 14.4. The molecule has 1 aromatic rings. The molecule has 2 rings (SSSR count). The van der Waals surface area contributed by atoms with Crippen molar-refractivity contribution in [1.29, 1.82) is 0 Å². The van der Waals surface area contributed by atoms with Crippen LogP contribution in [0.25, 0.3) is 0 Å². The van der Waals surface area contributed by atoms with Crippen LogP contribution in [0.15, 0.2) is 18.5 Å². The second kappa shape index (κ2) is 7.28. The van der Waals surface area contributed by atoms with Gasteiger partial charge in [0, 0.05) is 52.2 Å². The molecule has 2 amide bonds. The number of hydrogen-bond acceptors (Lipinski definition) is 3. The summed E-state index contributed by atoms with van der Waals surface area (Å²) in [6.07, 6.45) is 6.97. The van der Waals surface area contributed by atoms with Crippen LogP contribution in [0, 0.1) is 0 Å². The van der Waals surface area contributed by atoms with Crippen LogP contribution in [-0.4, -0.2) is 65.4 Å². The van der Waals surface area contributed by atoms with Gasteiger partial charge < -0.3 is 15.1 Å². The first-order valence-corrected chi connectivity index (χ1v) is 7.34. The van der Waals surface area contributed by atoms with Gasteiger partial charge in [-0.25, -0.2) is 4.79 Å². The number of likely N-dealkylation sites (tertiary alicyclic amines) is 1. The molecule has 1 saturated heterocycles. The lowest BCUT2D eigenvalue weighted by molar-refractivity contribution is 0.152. The maximum absolute atomic E-state index is 11.8. The van der Waals surface area contributed by atoms with Crippen molar-refractivity contribution < 1.29 is 4.79 Å². The number of urea groups is 1. The number of nitrogens with zero attached hydrogens (tertiary/aromatic N) is 4. The molecule has 1 aliphatic rings. The van der Waals surface area contributed by atoms with Crippen molar-refractivity contribution in [3.8, 4) is 0 Å². The Hall–Kier alpha value is -1.56. The van der Waals surface area contributed by atoms with E-state index in [1.807, 2.05) is 42.1 Å². The van der Waals surface area contributed by atoms with Crippen LogP contribution in [0.2, 0.25) is 0 Å². The summed E-state index contributed by atoms with van der Waals surface area (Å²) in [7, 11) is 3.61. The molecule has 1 N–H and O–H groups in total. The van der Waals surface area contributed by atoms with Gasteiger partial charge in [-0.2, -0.15) is 5.10 Å². The van der Waals surface area contributed by atoms with Crippen molar-refractivity contribution >= 4 is 6.03 Å². The number of nitrogens with one attached hydrogen (secondary N) is 1. The van der Waals surface area contributed by atoms with Crippen molar-refractivity contribution in [3.05, 3.63) is 18.5 Å². The zero-order valence-corrected chi connectivity index (χ0v) is 12.5. The van der Waals surface area contributed by atoms with E-state index in [1.54, 1.807) is 4.90 Å². The van der Waals surface area contributed by atoms with Crippen molar-refractivity contribution in [2.75, 3.05) is 33.7 Å². The van der Waals surface area contributed by atoms with E-state index in [0.717, 1.165) is 45.4 Å². The van der Waals surface area contributed by atoms with Crippen LogP contribution >= 0.6 is 0 Å². The van der Waals surface area contributed by atoms with Crippen LogP contribution in [0.4, 0.5) is 4.79 Å². The lowest BCUT2D eigenvalue weighted by Crippen LogP contribution is -2.48. The molecule has 0 aliphatic carbocycles. The Labute approximate surface area is 120 Å². The van der Waals surface area contributed by atoms with E-state index < -0.39 is 0 Å².